The van der Waals surface area contributed by atoms with E-state index >= 15 is 0 Å². The SMILES string of the molecule is CC1CC(C)(C)CC(CC(=O)O)(N2CCN(C)CC2)C1. The normalized spacial score (nSPS) is 35.9. The third-order valence-corrected chi connectivity index (χ3v) is 5.09. The van der Waals surface area contributed by atoms with Crippen LogP contribution in [0.4, 0.5) is 0 Å². The maximum Gasteiger partial charge on any atom is 0.305 e. The van der Waals surface area contributed by atoms with Gasteiger partial charge in [-0.1, -0.05) is 20.8 Å². The van der Waals surface area contributed by atoms with E-state index in [0.29, 0.717) is 12.3 Å². The lowest BCUT2D eigenvalue weighted by molar-refractivity contribution is -0.144. The first-order chi connectivity index (χ1) is 9.22. The van der Waals surface area contributed by atoms with Gasteiger partial charge < -0.3 is 10.0 Å². The van der Waals surface area contributed by atoms with Gasteiger partial charge in [0.2, 0.25) is 0 Å². The molecule has 20 heavy (non-hydrogen) atoms. The summed E-state index contributed by atoms with van der Waals surface area (Å²) >= 11 is 0. The van der Waals surface area contributed by atoms with Crippen LogP contribution in [0.15, 0.2) is 0 Å². The molecule has 116 valence electrons. The molecule has 0 aromatic rings. The highest BCUT2D eigenvalue weighted by Crippen LogP contribution is 2.48. The lowest BCUT2D eigenvalue weighted by atomic mass is 9.62. The molecule has 0 spiro atoms. The third-order valence-electron chi connectivity index (χ3n) is 5.09. The smallest absolute Gasteiger partial charge is 0.305 e. The number of likely N-dealkylation sites (N-methyl/N-ethyl adjacent to an activating group) is 1. The fraction of sp³-hybridized carbons (Fsp3) is 0.938. The van der Waals surface area contributed by atoms with Crippen molar-refractivity contribution in [2.45, 2.75) is 52.0 Å². The Balaban J connectivity index is 2.23. The molecular weight excluding hydrogens is 252 g/mol. The van der Waals surface area contributed by atoms with Gasteiger partial charge in [0.1, 0.15) is 0 Å². The van der Waals surface area contributed by atoms with E-state index in [9.17, 15) is 9.90 Å². The number of nitrogens with zero attached hydrogens (tertiary/aromatic N) is 2. The molecule has 2 aliphatic rings. The van der Waals surface area contributed by atoms with Gasteiger partial charge in [-0.05, 0) is 37.6 Å². The highest BCUT2D eigenvalue weighted by molar-refractivity contribution is 5.68. The van der Waals surface area contributed by atoms with Crippen LogP contribution in [0.1, 0.15) is 46.5 Å². The number of piperazine rings is 1. The van der Waals surface area contributed by atoms with Crippen LogP contribution in [0.5, 0.6) is 0 Å². The van der Waals surface area contributed by atoms with Gasteiger partial charge in [0.05, 0.1) is 6.42 Å². The van der Waals surface area contributed by atoms with Gasteiger partial charge in [-0.15, -0.1) is 0 Å². The standard InChI is InChI=1S/C16H30N2O2/c1-13-9-15(2,3)12-16(10-13,11-14(19)20)18-7-5-17(4)6-8-18/h13H,5-12H2,1-4H3,(H,19,20). The first-order valence-electron chi connectivity index (χ1n) is 7.88. The van der Waals surface area contributed by atoms with Crippen LogP contribution in [0.3, 0.4) is 0 Å². The second-order valence-electron chi connectivity index (χ2n) is 7.94. The Morgan fingerprint density at radius 1 is 1.20 bits per heavy atom. The van der Waals surface area contributed by atoms with E-state index in [1.807, 2.05) is 0 Å². The number of carboxylic acids is 1. The van der Waals surface area contributed by atoms with Crippen molar-refractivity contribution in [3.63, 3.8) is 0 Å². The molecule has 0 radical (unpaired) electrons. The summed E-state index contributed by atoms with van der Waals surface area (Å²) < 4.78 is 0. The first kappa shape index (κ1) is 15.8. The Labute approximate surface area is 123 Å². The molecule has 1 aliphatic heterocycles. The number of carbonyl (C=O) groups is 1. The summed E-state index contributed by atoms with van der Waals surface area (Å²) in [5, 5.41) is 9.43. The van der Waals surface area contributed by atoms with Crippen molar-refractivity contribution in [1.29, 1.82) is 0 Å². The van der Waals surface area contributed by atoms with E-state index in [1.54, 1.807) is 0 Å². The Kier molecular flexibility index (Phi) is 4.45. The summed E-state index contributed by atoms with van der Waals surface area (Å²) in [5.74, 6) is -0.0356. The second-order valence-corrected chi connectivity index (χ2v) is 7.94. The number of hydrogen-bond donors (Lipinski definition) is 1. The summed E-state index contributed by atoms with van der Waals surface area (Å²) in [6.07, 6.45) is 3.55. The van der Waals surface area contributed by atoms with Gasteiger partial charge in [-0.3, -0.25) is 9.69 Å². The van der Waals surface area contributed by atoms with Crippen LogP contribution in [0, 0.1) is 11.3 Å². The zero-order valence-electron chi connectivity index (χ0n) is 13.5. The zero-order valence-corrected chi connectivity index (χ0v) is 13.5. The molecule has 1 N–H and O–H groups in total. The van der Waals surface area contributed by atoms with Gasteiger partial charge in [0.25, 0.3) is 0 Å². The lowest BCUT2D eigenvalue weighted by Crippen LogP contribution is -2.60. The van der Waals surface area contributed by atoms with Crippen molar-refractivity contribution in [3.8, 4) is 0 Å². The van der Waals surface area contributed by atoms with Crippen molar-refractivity contribution >= 4 is 5.97 Å². The Hall–Kier alpha value is -0.610. The minimum absolute atomic E-state index is 0.131. The van der Waals surface area contributed by atoms with Crippen LogP contribution in [0.2, 0.25) is 0 Å². The first-order valence-corrected chi connectivity index (χ1v) is 7.88. The molecule has 0 amide bonds. The van der Waals surface area contributed by atoms with Gasteiger partial charge in [0, 0.05) is 31.7 Å². The molecule has 1 aliphatic carbocycles. The number of carboxylic acid groups (broad SMARTS) is 1. The summed E-state index contributed by atoms with van der Waals surface area (Å²) in [7, 11) is 2.15. The quantitative estimate of drug-likeness (QED) is 0.862. The molecule has 2 unspecified atom stereocenters. The van der Waals surface area contributed by atoms with E-state index in [1.165, 1.54) is 6.42 Å². The Bertz CT molecular complexity index is 361. The van der Waals surface area contributed by atoms with E-state index in [-0.39, 0.29) is 11.0 Å². The van der Waals surface area contributed by atoms with Crippen molar-refractivity contribution < 1.29 is 9.90 Å². The highest BCUT2D eigenvalue weighted by atomic mass is 16.4. The van der Waals surface area contributed by atoms with E-state index in [2.05, 4.69) is 37.6 Å². The van der Waals surface area contributed by atoms with Crippen LogP contribution in [-0.2, 0) is 4.79 Å². The molecular formula is C16H30N2O2. The monoisotopic (exact) mass is 282 g/mol. The van der Waals surface area contributed by atoms with Gasteiger partial charge >= 0.3 is 5.97 Å². The summed E-state index contributed by atoms with van der Waals surface area (Å²) in [6, 6.07) is 0. The predicted molar refractivity (Wildman–Crippen MR) is 80.8 cm³/mol. The molecule has 0 aromatic carbocycles. The van der Waals surface area contributed by atoms with Crippen molar-refractivity contribution in [1.82, 2.24) is 9.80 Å². The molecule has 2 rings (SSSR count). The fourth-order valence-electron chi connectivity index (χ4n) is 4.75. The number of rotatable bonds is 3. The van der Waals surface area contributed by atoms with E-state index in [4.69, 9.17) is 0 Å². The molecule has 2 atom stereocenters. The maximum absolute atomic E-state index is 11.5. The summed E-state index contributed by atoms with van der Waals surface area (Å²) in [5.41, 5.74) is 0.116. The van der Waals surface area contributed by atoms with Crippen LogP contribution in [0.25, 0.3) is 0 Å². The van der Waals surface area contributed by atoms with Crippen LogP contribution < -0.4 is 0 Å². The molecule has 0 aromatic heterocycles. The average molecular weight is 282 g/mol. The van der Waals surface area contributed by atoms with Gasteiger partial charge in [-0.25, -0.2) is 0 Å². The minimum atomic E-state index is -0.645. The molecule has 4 heteroatoms. The zero-order chi connectivity index (χ0) is 15.0. The van der Waals surface area contributed by atoms with Crippen LogP contribution in [-0.4, -0.2) is 59.6 Å². The Morgan fingerprint density at radius 3 is 2.30 bits per heavy atom. The fourth-order valence-corrected chi connectivity index (χ4v) is 4.75. The van der Waals surface area contributed by atoms with E-state index < -0.39 is 5.97 Å². The highest BCUT2D eigenvalue weighted by Gasteiger charge is 2.48. The molecule has 2 fully saturated rings. The Morgan fingerprint density at radius 2 is 1.80 bits per heavy atom. The molecule has 1 saturated carbocycles. The van der Waals surface area contributed by atoms with Gasteiger partial charge in [-0.2, -0.15) is 0 Å². The van der Waals surface area contributed by atoms with Gasteiger partial charge in [0.15, 0.2) is 0 Å². The number of aliphatic carboxylic acids is 1. The van der Waals surface area contributed by atoms with Crippen molar-refractivity contribution in [2.24, 2.45) is 11.3 Å². The summed E-state index contributed by atoms with van der Waals surface area (Å²) in [6.45, 7) is 11.0. The molecule has 0 bridgehead atoms. The average Bonchev–Trinajstić information content (AvgIpc) is 2.25. The largest absolute Gasteiger partial charge is 0.481 e. The van der Waals surface area contributed by atoms with Crippen molar-refractivity contribution in [3.05, 3.63) is 0 Å². The van der Waals surface area contributed by atoms with E-state index in [0.717, 1.165) is 39.0 Å². The third kappa shape index (κ3) is 3.53. The maximum atomic E-state index is 11.5. The lowest BCUT2D eigenvalue weighted by Gasteiger charge is -2.54. The topological polar surface area (TPSA) is 43.8 Å². The van der Waals surface area contributed by atoms with Crippen LogP contribution >= 0.6 is 0 Å². The predicted octanol–water partition coefficient (Wildman–Crippen LogP) is 2.29. The van der Waals surface area contributed by atoms with Crippen molar-refractivity contribution in [2.75, 3.05) is 33.2 Å². The molecule has 1 saturated heterocycles. The molecule has 1 heterocycles. The second kappa shape index (κ2) is 5.64. The molecule has 4 nitrogen and oxygen atoms in total. The number of hydrogen-bond acceptors (Lipinski definition) is 3. The summed E-state index contributed by atoms with van der Waals surface area (Å²) in [4.78, 5) is 16.3. The minimum Gasteiger partial charge on any atom is -0.481 e.